The van der Waals surface area contributed by atoms with Gasteiger partial charge < -0.3 is 19.3 Å². The van der Waals surface area contributed by atoms with E-state index < -0.39 is 10.1 Å². The third-order valence-electron chi connectivity index (χ3n) is 2.97. The molecule has 0 saturated heterocycles. The Balaban J connectivity index is 0.00000176. The maximum absolute atomic E-state index is 11.0. The number of anilines is 1. The molecule has 0 aliphatic carbocycles. The van der Waals surface area contributed by atoms with Gasteiger partial charge in [-0.25, -0.2) is 8.42 Å². The van der Waals surface area contributed by atoms with Gasteiger partial charge >= 0.3 is 51.4 Å². The molecule has 1 N–H and O–H groups in total. The minimum atomic E-state index is -4.45. The molecule has 22 heavy (non-hydrogen) atoms. The van der Waals surface area contributed by atoms with E-state index in [0.717, 1.165) is 5.75 Å². The number of rotatable bonds is 4. The van der Waals surface area contributed by atoms with Crippen molar-refractivity contribution in [3.63, 3.8) is 0 Å². The van der Waals surface area contributed by atoms with Crippen LogP contribution in [0.4, 0.5) is 5.69 Å². The molecule has 2 aromatic rings. The third kappa shape index (κ3) is 4.45. The average molecular weight is 365 g/mol. The van der Waals surface area contributed by atoms with Crippen LogP contribution in [-0.4, -0.2) is 32.2 Å². The quantitative estimate of drug-likeness (QED) is 0.547. The van der Waals surface area contributed by atoms with E-state index >= 15 is 0 Å². The summed E-state index contributed by atoms with van der Waals surface area (Å²) < 4.78 is 44.2. The number of ether oxygens (including phenoxy) is 2. The minimum absolute atomic E-state index is 0. The summed E-state index contributed by atoms with van der Waals surface area (Å²) >= 11 is 1.50. The van der Waals surface area contributed by atoms with Crippen molar-refractivity contribution in [3.8, 4) is 11.5 Å². The molecule has 1 atom stereocenters. The van der Waals surface area contributed by atoms with E-state index in [2.05, 4.69) is 5.32 Å². The minimum Gasteiger partial charge on any atom is -0.744 e. The van der Waals surface area contributed by atoms with Crippen LogP contribution in [0.3, 0.4) is 0 Å². The van der Waals surface area contributed by atoms with Gasteiger partial charge in [0.25, 0.3) is 0 Å². The molecule has 1 aromatic heterocycles. The van der Waals surface area contributed by atoms with E-state index in [-0.39, 0.29) is 62.4 Å². The molecule has 1 aromatic carbocycles. The van der Waals surface area contributed by atoms with Crippen molar-refractivity contribution in [1.29, 1.82) is 0 Å². The van der Waals surface area contributed by atoms with Crippen molar-refractivity contribution >= 4 is 27.1 Å². The fourth-order valence-corrected chi connectivity index (χ4v) is 3.14. The zero-order valence-corrected chi connectivity index (χ0v) is 16.6. The summed E-state index contributed by atoms with van der Waals surface area (Å²) in [5, 5.41) is 6.79. The molecule has 6 nitrogen and oxygen atoms in total. The molecule has 112 valence electrons. The van der Waals surface area contributed by atoms with Crippen molar-refractivity contribution in [1.82, 2.24) is 0 Å². The van der Waals surface area contributed by atoms with Crippen LogP contribution in [-0.2, 0) is 10.1 Å². The van der Waals surface area contributed by atoms with Gasteiger partial charge in [0.05, 0.1) is 11.4 Å². The molecule has 0 fully saturated rings. The van der Waals surface area contributed by atoms with Crippen LogP contribution in [0.15, 0.2) is 39.9 Å². The third-order valence-corrected chi connectivity index (χ3v) is 4.50. The van der Waals surface area contributed by atoms with Gasteiger partial charge in [-0.3, -0.25) is 0 Å². The van der Waals surface area contributed by atoms with E-state index in [1.807, 2.05) is 10.8 Å². The molecular weight excluding hydrogens is 353 g/mol. The molecule has 0 radical (unpaired) electrons. The summed E-state index contributed by atoms with van der Waals surface area (Å²) in [7, 11) is -4.45. The van der Waals surface area contributed by atoms with Gasteiger partial charge in [0.15, 0.2) is 11.5 Å². The Morgan fingerprint density at radius 1 is 1.32 bits per heavy atom. The fourth-order valence-electron chi connectivity index (χ4n) is 1.95. The van der Waals surface area contributed by atoms with E-state index in [4.69, 9.17) is 9.47 Å². The summed E-state index contributed by atoms with van der Waals surface area (Å²) in [6, 6.07) is 5.78. The first kappa shape index (κ1) is 18.2. The van der Waals surface area contributed by atoms with E-state index in [1.165, 1.54) is 29.5 Å². The SMILES string of the molecule is O=S(=O)([O-])c1cccc(NCC2COc3cscc3O2)c1.[K+]. The largest absolute Gasteiger partial charge is 1.00 e. The second kappa shape index (κ2) is 7.62. The smallest absolute Gasteiger partial charge is 0.744 e. The predicted octanol–water partition coefficient (Wildman–Crippen LogP) is -1.09. The van der Waals surface area contributed by atoms with Crippen LogP contribution in [0.25, 0.3) is 0 Å². The van der Waals surface area contributed by atoms with Gasteiger partial charge in [0.1, 0.15) is 22.8 Å². The monoisotopic (exact) mass is 365 g/mol. The first-order valence-corrected chi connectivity index (χ1v) is 8.53. The molecule has 2 heterocycles. The molecule has 9 heteroatoms. The molecule has 0 bridgehead atoms. The van der Waals surface area contributed by atoms with Crippen LogP contribution in [0.1, 0.15) is 0 Å². The molecule has 3 rings (SSSR count). The van der Waals surface area contributed by atoms with Crippen LogP contribution >= 0.6 is 11.3 Å². The Labute approximate surface area is 175 Å². The number of hydrogen-bond acceptors (Lipinski definition) is 7. The normalized spacial score (nSPS) is 16.7. The number of nitrogens with one attached hydrogen (secondary N) is 1. The maximum Gasteiger partial charge on any atom is 1.00 e. The first-order valence-electron chi connectivity index (χ1n) is 6.18. The second-order valence-corrected chi connectivity index (χ2v) is 6.64. The Bertz CT molecular complexity index is 746. The van der Waals surface area contributed by atoms with Crippen LogP contribution in [0.5, 0.6) is 11.5 Å². The van der Waals surface area contributed by atoms with Crippen LogP contribution in [0.2, 0.25) is 0 Å². The van der Waals surface area contributed by atoms with Gasteiger partial charge in [0.2, 0.25) is 0 Å². The number of hydrogen-bond donors (Lipinski definition) is 1. The molecule has 0 spiro atoms. The average Bonchev–Trinajstić information content (AvgIpc) is 2.92. The van der Waals surface area contributed by atoms with Crippen molar-refractivity contribution < 1.29 is 73.8 Å². The van der Waals surface area contributed by atoms with Crippen LogP contribution < -0.4 is 66.2 Å². The second-order valence-electron chi connectivity index (χ2n) is 4.51. The molecule has 1 aliphatic heterocycles. The summed E-state index contributed by atoms with van der Waals surface area (Å²) in [5.41, 5.74) is 0.548. The van der Waals surface area contributed by atoms with Gasteiger partial charge in [-0.2, -0.15) is 0 Å². The first-order chi connectivity index (χ1) is 10.0. The topological polar surface area (TPSA) is 87.7 Å². The van der Waals surface area contributed by atoms with Gasteiger partial charge in [-0.1, -0.05) is 6.07 Å². The Kier molecular flexibility index (Phi) is 6.31. The Morgan fingerprint density at radius 3 is 2.86 bits per heavy atom. The van der Waals surface area contributed by atoms with Crippen molar-refractivity contribution in [2.24, 2.45) is 0 Å². The fraction of sp³-hybridized carbons (Fsp3) is 0.231. The van der Waals surface area contributed by atoms with Gasteiger partial charge in [0, 0.05) is 16.4 Å². The Hall–Kier alpha value is -0.134. The summed E-state index contributed by atoms with van der Waals surface area (Å²) in [6.07, 6.45) is -0.181. The van der Waals surface area contributed by atoms with Gasteiger partial charge in [-0.05, 0) is 18.2 Å². The zero-order chi connectivity index (χ0) is 14.9. The van der Waals surface area contributed by atoms with E-state index in [9.17, 15) is 13.0 Å². The van der Waals surface area contributed by atoms with E-state index in [1.54, 1.807) is 6.07 Å². The molecule has 1 unspecified atom stereocenters. The van der Waals surface area contributed by atoms with Gasteiger partial charge in [-0.15, -0.1) is 11.3 Å². The summed E-state index contributed by atoms with van der Waals surface area (Å²) in [4.78, 5) is -0.256. The standard InChI is InChI=1S/C13H13NO5S2.K/c15-21(16,17)11-3-1-2-9(4-11)14-5-10-6-18-12-7-20-8-13(12)19-10;/h1-4,7-8,10,14H,5-6H2,(H,15,16,17);/q;+1/p-1. The number of benzene rings is 1. The maximum atomic E-state index is 11.0. The number of fused-ring (bicyclic) bond motifs is 1. The van der Waals surface area contributed by atoms with Crippen molar-refractivity contribution in [2.75, 3.05) is 18.5 Å². The zero-order valence-electron chi connectivity index (χ0n) is 11.8. The van der Waals surface area contributed by atoms with Crippen molar-refractivity contribution in [3.05, 3.63) is 35.0 Å². The molecule has 1 aliphatic rings. The molecule has 0 saturated carbocycles. The number of thiophene rings is 1. The summed E-state index contributed by atoms with van der Waals surface area (Å²) in [5.74, 6) is 1.46. The van der Waals surface area contributed by atoms with Crippen molar-refractivity contribution in [2.45, 2.75) is 11.0 Å². The van der Waals surface area contributed by atoms with E-state index in [0.29, 0.717) is 24.6 Å². The summed E-state index contributed by atoms with van der Waals surface area (Å²) in [6.45, 7) is 0.855. The molecule has 0 amide bonds. The Morgan fingerprint density at radius 2 is 2.09 bits per heavy atom. The predicted molar refractivity (Wildman–Crippen MR) is 77.1 cm³/mol. The van der Waals surface area contributed by atoms with Crippen LogP contribution in [0, 0.1) is 0 Å². The molecular formula is C13H12KNO5S2.